The highest BCUT2D eigenvalue weighted by atomic mass is 16.5. The Balaban J connectivity index is 2.26. The predicted octanol–water partition coefficient (Wildman–Crippen LogP) is 1.75. The molecule has 2 rings (SSSR count). The summed E-state index contributed by atoms with van der Waals surface area (Å²) in [6.07, 6.45) is 0.740. The molecule has 2 atom stereocenters. The van der Waals surface area contributed by atoms with Gasteiger partial charge in [-0.05, 0) is 38.8 Å². The lowest BCUT2D eigenvalue weighted by atomic mass is 9.76. The van der Waals surface area contributed by atoms with Crippen molar-refractivity contribution in [1.29, 1.82) is 0 Å². The fraction of sp³-hybridized carbons (Fsp3) is 0.444. The third-order valence-electron chi connectivity index (χ3n) is 4.57. The Morgan fingerprint density at radius 3 is 2.25 bits per heavy atom. The number of rotatable bonds is 5. The van der Waals surface area contributed by atoms with Crippen LogP contribution < -0.4 is 19.9 Å². The van der Waals surface area contributed by atoms with E-state index >= 15 is 0 Å². The van der Waals surface area contributed by atoms with Gasteiger partial charge in [0.2, 0.25) is 5.91 Å². The van der Waals surface area contributed by atoms with E-state index in [1.807, 2.05) is 13.8 Å². The number of amides is 1. The summed E-state index contributed by atoms with van der Waals surface area (Å²) in [5, 5.41) is 14.2. The summed E-state index contributed by atoms with van der Waals surface area (Å²) >= 11 is 0. The minimum Gasteiger partial charge on any atom is -0.550 e. The lowest BCUT2D eigenvalue weighted by Gasteiger charge is -2.32. The number of carbonyl (C=O) groups excluding carboxylic acids is 2. The van der Waals surface area contributed by atoms with Crippen LogP contribution in [-0.2, 0) is 9.59 Å². The van der Waals surface area contributed by atoms with Crippen LogP contribution in [0.2, 0.25) is 0 Å². The average molecular weight is 332 g/mol. The van der Waals surface area contributed by atoms with E-state index in [0.29, 0.717) is 30.0 Å². The van der Waals surface area contributed by atoms with E-state index in [0.717, 1.165) is 11.1 Å². The summed E-state index contributed by atoms with van der Waals surface area (Å²) in [5.74, 6) is -2.01. The normalized spacial score (nSPS) is 20.5. The molecule has 1 aliphatic carbocycles. The molecule has 1 aliphatic rings. The Kier molecular flexibility index (Phi) is 5.49. The van der Waals surface area contributed by atoms with Crippen LogP contribution in [0.1, 0.15) is 26.7 Å². The largest absolute Gasteiger partial charge is 0.550 e. The number of aliphatic carboxylic acids is 1. The Morgan fingerprint density at radius 2 is 1.71 bits per heavy atom. The average Bonchev–Trinajstić information content (AvgIpc) is 2.56. The lowest BCUT2D eigenvalue weighted by Crippen LogP contribution is -2.42. The maximum Gasteiger partial charge on any atom is 0.228 e. The number of hydrogen-bond acceptors (Lipinski definition) is 5. The highest BCUT2D eigenvalue weighted by Crippen LogP contribution is 2.36. The summed E-state index contributed by atoms with van der Waals surface area (Å²) in [6.45, 7) is 3.82. The molecule has 0 spiro atoms. The molecule has 0 radical (unpaired) electrons. The highest BCUT2D eigenvalue weighted by Gasteiger charge is 2.33. The zero-order valence-electron chi connectivity index (χ0n) is 14.3. The van der Waals surface area contributed by atoms with Gasteiger partial charge in [-0.2, -0.15) is 0 Å². The van der Waals surface area contributed by atoms with E-state index in [9.17, 15) is 14.7 Å². The number of carboxylic acid groups (broad SMARTS) is 1. The molecule has 6 heteroatoms. The number of carboxylic acids is 1. The molecule has 1 aromatic rings. The summed E-state index contributed by atoms with van der Waals surface area (Å²) in [4.78, 5) is 24.1. The first kappa shape index (κ1) is 17.8. The molecule has 0 fully saturated rings. The first-order valence-electron chi connectivity index (χ1n) is 7.76. The molecule has 0 heterocycles. The number of benzene rings is 1. The van der Waals surface area contributed by atoms with Crippen molar-refractivity contribution in [3.8, 4) is 11.5 Å². The maximum atomic E-state index is 12.7. The summed E-state index contributed by atoms with van der Waals surface area (Å²) in [6, 6.07) is 5.04. The summed E-state index contributed by atoms with van der Waals surface area (Å²) in [7, 11) is 3.02. The number of anilines is 1. The van der Waals surface area contributed by atoms with Gasteiger partial charge in [0.25, 0.3) is 0 Å². The topological polar surface area (TPSA) is 87.7 Å². The minimum atomic E-state index is -1.19. The number of ether oxygens (including phenoxy) is 2. The van der Waals surface area contributed by atoms with Crippen LogP contribution in [0, 0.1) is 11.8 Å². The smallest absolute Gasteiger partial charge is 0.228 e. The Morgan fingerprint density at radius 1 is 1.08 bits per heavy atom. The quantitative estimate of drug-likeness (QED) is 0.830. The molecule has 1 amide bonds. The van der Waals surface area contributed by atoms with Gasteiger partial charge in [0.1, 0.15) is 11.5 Å². The van der Waals surface area contributed by atoms with Crippen molar-refractivity contribution in [2.45, 2.75) is 26.7 Å². The molecular weight excluding hydrogens is 310 g/mol. The van der Waals surface area contributed by atoms with E-state index in [2.05, 4.69) is 5.32 Å². The second-order valence-electron chi connectivity index (χ2n) is 6.06. The molecule has 24 heavy (non-hydrogen) atoms. The predicted molar refractivity (Wildman–Crippen MR) is 87.8 cm³/mol. The minimum absolute atomic E-state index is 0.335. The number of nitrogens with one attached hydrogen (secondary N) is 1. The molecule has 1 aromatic carbocycles. The van der Waals surface area contributed by atoms with Gasteiger partial charge < -0.3 is 24.7 Å². The van der Waals surface area contributed by atoms with E-state index in [-0.39, 0.29) is 5.91 Å². The van der Waals surface area contributed by atoms with Gasteiger partial charge in [-0.15, -0.1) is 0 Å². The van der Waals surface area contributed by atoms with Crippen LogP contribution in [0.25, 0.3) is 0 Å². The molecule has 0 bridgehead atoms. The first-order chi connectivity index (χ1) is 11.4. The van der Waals surface area contributed by atoms with Crippen molar-refractivity contribution in [2.24, 2.45) is 11.8 Å². The van der Waals surface area contributed by atoms with Crippen LogP contribution >= 0.6 is 0 Å². The molecule has 130 valence electrons. The van der Waals surface area contributed by atoms with Crippen LogP contribution in [0.4, 0.5) is 5.69 Å². The molecule has 0 saturated heterocycles. The fourth-order valence-electron chi connectivity index (χ4n) is 2.95. The van der Waals surface area contributed by atoms with Gasteiger partial charge in [-0.1, -0.05) is 11.1 Å². The molecule has 0 unspecified atom stereocenters. The number of hydrogen-bond donors (Lipinski definition) is 1. The van der Waals surface area contributed by atoms with E-state index in [1.165, 1.54) is 14.2 Å². The molecule has 0 aromatic heterocycles. The Bertz CT molecular complexity index is 680. The molecule has 0 aliphatic heterocycles. The van der Waals surface area contributed by atoms with Gasteiger partial charge >= 0.3 is 0 Å². The second kappa shape index (κ2) is 7.38. The second-order valence-corrected chi connectivity index (χ2v) is 6.06. The van der Waals surface area contributed by atoms with Crippen LogP contribution in [0.5, 0.6) is 11.5 Å². The molecular formula is C18H22NO5-. The summed E-state index contributed by atoms with van der Waals surface area (Å²) < 4.78 is 10.4. The van der Waals surface area contributed by atoms with Crippen LogP contribution in [0.3, 0.4) is 0 Å². The first-order valence-corrected chi connectivity index (χ1v) is 7.76. The lowest BCUT2D eigenvalue weighted by molar-refractivity contribution is -0.313. The number of carbonyl (C=O) groups is 2. The zero-order valence-corrected chi connectivity index (χ0v) is 14.3. The number of allylic oxidation sites excluding steroid dienone is 2. The molecule has 1 N–H and O–H groups in total. The Labute approximate surface area is 141 Å². The molecule has 0 saturated carbocycles. The van der Waals surface area contributed by atoms with Crippen molar-refractivity contribution in [3.63, 3.8) is 0 Å². The third kappa shape index (κ3) is 3.69. The van der Waals surface area contributed by atoms with Crippen molar-refractivity contribution >= 4 is 17.6 Å². The van der Waals surface area contributed by atoms with Gasteiger partial charge in [0.15, 0.2) is 0 Å². The fourth-order valence-corrected chi connectivity index (χ4v) is 2.95. The van der Waals surface area contributed by atoms with Crippen molar-refractivity contribution in [2.75, 3.05) is 19.5 Å². The Hall–Kier alpha value is -2.50. The number of methoxy groups -OCH3 is 2. The molecule has 6 nitrogen and oxygen atoms in total. The van der Waals surface area contributed by atoms with E-state index < -0.39 is 17.8 Å². The standard InChI is InChI=1S/C18H23NO5/c1-10-7-13(14(18(21)22)8-11(10)2)17(20)19-15-9-12(23-3)5-6-16(15)24-4/h5-6,9,13-14H,7-8H2,1-4H3,(H,19,20)(H,21,22)/p-1/t13-,14-/m0/s1. The third-order valence-corrected chi connectivity index (χ3v) is 4.57. The summed E-state index contributed by atoms with van der Waals surface area (Å²) in [5.41, 5.74) is 2.50. The zero-order chi connectivity index (χ0) is 17.9. The van der Waals surface area contributed by atoms with Crippen LogP contribution in [-0.4, -0.2) is 26.1 Å². The highest BCUT2D eigenvalue weighted by molar-refractivity contribution is 5.96. The van der Waals surface area contributed by atoms with E-state index in [1.54, 1.807) is 18.2 Å². The SMILES string of the molecule is COc1ccc(OC)c(NC(=O)[C@H]2CC(C)=C(C)C[C@@H]2C(=O)[O-])c1. The maximum absolute atomic E-state index is 12.7. The van der Waals surface area contributed by atoms with E-state index in [4.69, 9.17) is 9.47 Å². The van der Waals surface area contributed by atoms with Crippen molar-refractivity contribution in [1.82, 2.24) is 0 Å². The van der Waals surface area contributed by atoms with Gasteiger partial charge in [-0.25, -0.2) is 0 Å². The van der Waals surface area contributed by atoms with Crippen molar-refractivity contribution < 1.29 is 24.2 Å². The van der Waals surface area contributed by atoms with Crippen molar-refractivity contribution in [3.05, 3.63) is 29.3 Å². The van der Waals surface area contributed by atoms with Gasteiger partial charge in [0.05, 0.1) is 25.8 Å². The van der Waals surface area contributed by atoms with Gasteiger partial charge in [0, 0.05) is 18.0 Å². The van der Waals surface area contributed by atoms with Gasteiger partial charge in [-0.3, -0.25) is 4.79 Å². The monoisotopic (exact) mass is 332 g/mol. The van der Waals surface area contributed by atoms with Crippen LogP contribution in [0.15, 0.2) is 29.3 Å².